The first-order valence-electron chi connectivity index (χ1n) is 5.19. The Balaban J connectivity index is 2.34. The van der Waals surface area contributed by atoms with Crippen LogP contribution in [0, 0.1) is 0 Å². The van der Waals surface area contributed by atoms with E-state index in [0.29, 0.717) is 11.4 Å². The summed E-state index contributed by atoms with van der Waals surface area (Å²) in [6, 6.07) is 7.31. The van der Waals surface area contributed by atoms with Crippen molar-refractivity contribution in [2.75, 3.05) is 11.5 Å². The van der Waals surface area contributed by atoms with E-state index in [4.69, 9.17) is 11.5 Å². The Labute approximate surface area is 97.7 Å². The summed E-state index contributed by atoms with van der Waals surface area (Å²) < 4.78 is 1.71. The Morgan fingerprint density at radius 3 is 2.76 bits per heavy atom. The molecular formula is C12H11N5. The first-order chi connectivity index (χ1) is 8.25. The number of fused-ring (bicyclic) bond motifs is 1. The normalized spacial score (nSPS) is 10.8. The molecule has 0 aliphatic rings. The van der Waals surface area contributed by atoms with Crippen LogP contribution in [0.2, 0.25) is 0 Å². The first kappa shape index (κ1) is 9.65. The van der Waals surface area contributed by atoms with Crippen LogP contribution in [-0.4, -0.2) is 14.6 Å². The molecule has 0 spiro atoms. The highest BCUT2D eigenvalue weighted by molar-refractivity contribution is 5.86. The van der Waals surface area contributed by atoms with Gasteiger partial charge in [0.1, 0.15) is 0 Å². The maximum atomic E-state index is 5.97. The van der Waals surface area contributed by atoms with Gasteiger partial charge in [-0.25, -0.2) is 9.50 Å². The fraction of sp³-hybridized carbons (Fsp3) is 0. The summed E-state index contributed by atoms with van der Waals surface area (Å²) in [4.78, 5) is 4.27. The number of anilines is 2. The lowest BCUT2D eigenvalue weighted by molar-refractivity contribution is 0.937. The SMILES string of the molecule is Nc1ccc(N)c(-c2ccnn3ccnc23)c1. The monoisotopic (exact) mass is 225 g/mol. The molecule has 0 unspecified atom stereocenters. The van der Waals surface area contributed by atoms with Gasteiger partial charge in [0, 0.05) is 41.1 Å². The lowest BCUT2D eigenvalue weighted by Crippen LogP contribution is -1.96. The maximum Gasteiger partial charge on any atom is 0.161 e. The van der Waals surface area contributed by atoms with Crippen LogP contribution in [0.25, 0.3) is 16.8 Å². The van der Waals surface area contributed by atoms with Crippen LogP contribution in [-0.2, 0) is 0 Å². The first-order valence-corrected chi connectivity index (χ1v) is 5.19. The predicted molar refractivity (Wildman–Crippen MR) is 67.2 cm³/mol. The summed E-state index contributed by atoms with van der Waals surface area (Å²) in [5.74, 6) is 0. The summed E-state index contributed by atoms with van der Waals surface area (Å²) in [5, 5.41) is 4.16. The Kier molecular flexibility index (Phi) is 1.98. The predicted octanol–water partition coefficient (Wildman–Crippen LogP) is 1.56. The van der Waals surface area contributed by atoms with Crippen molar-refractivity contribution in [3.63, 3.8) is 0 Å². The number of hydrogen-bond acceptors (Lipinski definition) is 4. The van der Waals surface area contributed by atoms with Crippen molar-refractivity contribution in [3.8, 4) is 11.1 Å². The molecular weight excluding hydrogens is 214 g/mol. The van der Waals surface area contributed by atoms with Gasteiger partial charge in [0.25, 0.3) is 0 Å². The van der Waals surface area contributed by atoms with E-state index in [1.807, 2.05) is 12.1 Å². The molecule has 5 heteroatoms. The molecule has 84 valence electrons. The molecule has 0 fully saturated rings. The molecule has 17 heavy (non-hydrogen) atoms. The molecule has 0 aliphatic heterocycles. The fourth-order valence-corrected chi connectivity index (χ4v) is 1.85. The smallest absolute Gasteiger partial charge is 0.161 e. The molecule has 4 N–H and O–H groups in total. The minimum Gasteiger partial charge on any atom is -0.399 e. The minimum atomic E-state index is 0.676. The second-order valence-corrected chi connectivity index (χ2v) is 3.79. The lowest BCUT2D eigenvalue weighted by atomic mass is 10.0. The van der Waals surface area contributed by atoms with Gasteiger partial charge in [-0.2, -0.15) is 5.10 Å². The van der Waals surface area contributed by atoms with Crippen molar-refractivity contribution >= 4 is 17.0 Å². The van der Waals surface area contributed by atoms with Gasteiger partial charge in [-0.05, 0) is 24.3 Å². The lowest BCUT2D eigenvalue weighted by Gasteiger charge is -2.07. The number of rotatable bonds is 1. The van der Waals surface area contributed by atoms with Gasteiger partial charge in [-0.3, -0.25) is 0 Å². The van der Waals surface area contributed by atoms with Gasteiger partial charge in [0.2, 0.25) is 0 Å². The Hall–Kier alpha value is -2.56. The second kappa shape index (κ2) is 3.48. The summed E-state index contributed by atoms with van der Waals surface area (Å²) in [7, 11) is 0. The van der Waals surface area contributed by atoms with E-state index >= 15 is 0 Å². The molecule has 0 saturated heterocycles. The molecule has 0 aliphatic carbocycles. The number of nitrogen functional groups attached to an aromatic ring is 2. The van der Waals surface area contributed by atoms with E-state index in [1.165, 1.54) is 0 Å². The molecule has 2 aromatic heterocycles. The van der Waals surface area contributed by atoms with Gasteiger partial charge in [-0.1, -0.05) is 0 Å². The van der Waals surface area contributed by atoms with E-state index < -0.39 is 0 Å². The van der Waals surface area contributed by atoms with Crippen molar-refractivity contribution in [2.45, 2.75) is 0 Å². The minimum absolute atomic E-state index is 0.676. The van der Waals surface area contributed by atoms with Crippen molar-refractivity contribution in [1.29, 1.82) is 0 Å². The average molecular weight is 225 g/mol. The quantitative estimate of drug-likeness (QED) is 0.616. The summed E-state index contributed by atoms with van der Waals surface area (Å²) in [6.45, 7) is 0. The molecule has 2 heterocycles. The topological polar surface area (TPSA) is 82.2 Å². The zero-order chi connectivity index (χ0) is 11.8. The standard InChI is InChI=1S/C12H11N5/c13-8-1-2-11(14)10(7-8)9-3-4-16-17-6-5-15-12(9)17/h1-7H,13-14H2. The summed E-state index contributed by atoms with van der Waals surface area (Å²) >= 11 is 0. The highest BCUT2D eigenvalue weighted by Crippen LogP contribution is 2.29. The number of hydrogen-bond donors (Lipinski definition) is 2. The van der Waals surface area contributed by atoms with Gasteiger partial charge in [0.15, 0.2) is 5.65 Å². The largest absolute Gasteiger partial charge is 0.399 e. The van der Waals surface area contributed by atoms with Crippen molar-refractivity contribution in [2.24, 2.45) is 0 Å². The molecule has 3 rings (SSSR count). The van der Waals surface area contributed by atoms with Gasteiger partial charge < -0.3 is 11.5 Å². The Bertz CT molecular complexity index is 686. The number of nitrogens with zero attached hydrogens (tertiary/aromatic N) is 3. The number of aromatic nitrogens is 3. The van der Waals surface area contributed by atoms with E-state index in [2.05, 4.69) is 10.1 Å². The van der Waals surface area contributed by atoms with Crippen LogP contribution in [0.5, 0.6) is 0 Å². The second-order valence-electron chi connectivity index (χ2n) is 3.79. The van der Waals surface area contributed by atoms with Crippen LogP contribution in [0.4, 0.5) is 11.4 Å². The van der Waals surface area contributed by atoms with E-state index in [0.717, 1.165) is 16.8 Å². The van der Waals surface area contributed by atoms with Crippen LogP contribution in [0.1, 0.15) is 0 Å². The third kappa shape index (κ3) is 1.48. The molecule has 0 saturated carbocycles. The molecule has 0 radical (unpaired) electrons. The average Bonchev–Trinajstić information content (AvgIpc) is 2.80. The van der Waals surface area contributed by atoms with Gasteiger partial charge >= 0.3 is 0 Å². The number of nitrogens with two attached hydrogens (primary N) is 2. The molecule has 3 aromatic rings. The van der Waals surface area contributed by atoms with Crippen LogP contribution >= 0.6 is 0 Å². The maximum absolute atomic E-state index is 5.97. The Morgan fingerprint density at radius 1 is 1.00 bits per heavy atom. The molecule has 0 bridgehead atoms. The van der Waals surface area contributed by atoms with Gasteiger partial charge in [-0.15, -0.1) is 0 Å². The third-order valence-electron chi connectivity index (χ3n) is 2.66. The fourth-order valence-electron chi connectivity index (χ4n) is 1.85. The highest BCUT2D eigenvalue weighted by Gasteiger charge is 2.09. The zero-order valence-corrected chi connectivity index (χ0v) is 9.04. The van der Waals surface area contributed by atoms with Crippen molar-refractivity contribution in [3.05, 3.63) is 42.9 Å². The van der Waals surface area contributed by atoms with Crippen molar-refractivity contribution < 1.29 is 0 Å². The van der Waals surface area contributed by atoms with Crippen LogP contribution in [0.15, 0.2) is 42.9 Å². The number of imidazole rings is 1. The summed E-state index contributed by atoms with van der Waals surface area (Å²) in [6.07, 6.45) is 5.21. The van der Waals surface area contributed by atoms with Crippen LogP contribution < -0.4 is 11.5 Å². The molecule has 0 amide bonds. The summed E-state index contributed by atoms with van der Waals surface area (Å²) in [5.41, 5.74) is 15.7. The number of benzene rings is 1. The molecule has 1 aromatic carbocycles. The van der Waals surface area contributed by atoms with E-state index in [1.54, 1.807) is 35.2 Å². The van der Waals surface area contributed by atoms with E-state index in [9.17, 15) is 0 Å². The highest BCUT2D eigenvalue weighted by atomic mass is 15.2. The Morgan fingerprint density at radius 2 is 1.88 bits per heavy atom. The van der Waals surface area contributed by atoms with Crippen molar-refractivity contribution in [1.82, 2.24) is 14.6 Å². The molecule has 5 nitrogen and oxygen atoms in total. The molecule has 0 atom stereocenters. The van der Waals surface area contributed by atoms with E-state index in [-0.39, 0.29) is 0 Å². The zero-order valence-electron chi connectivity index (χ0n) is 9.04. The van der Waals surface area contributed by atoms with Crippen LogP contribution in [0.3, 0.4) is 0 Å². The van der Waals surface area contributed by atoms with Gasteiger partial charge in [0.05, 0.1) is 0 Å². The third-order valence-corrected chi connectivity index (χ3v) is 2.66.